The molecule has 2 aromatic rings. The quantitative estimate of drug-likeness (QED) is 0.194. The molecule has 0 spiro atoms. The maximum absolute atomic E-state index is 13.0. The third-order valence-electron chi connectivity index (χ3n) is 5.63. The average Bonchev–Trinajstić information content (AvgIpc) is 2.98. The number of amides is 1. The highest BCUT2D eigenvalue weighted by Gasteiger charge is 2.27. The molecule has 1 saturated heterocycles. The van der Waals surface area contributed by atoms with Gasteiger partial charge in [-0.25, -0.2) is 19.2 Å². The smallest absolute Gasteiger partial charge is 0.328 e. The number of carbonyl (C=O) groups excluding carboxylic acids is 1. The number of fused-ring (bicyclic) bond motifs is 2. The van der Waals surface area contributed by atoms with Crippen LogP contribution in [0.1, 0.15) is 6.42 Å². The summed E-state index contributed by atoms with van der Waals surface area (Å²) in [5.41, 5.74) is 1.95. The molecule has 0 radical (unpaired) electrons. The van der Waals surface area contributed by atoms with Gasteiger partial charge in [-0.3, -0.25) is 14.6 Å². The van der Waals surface area contributed by atoms with Gasteiger partial charge in [0.2, 0.25) is 5.91 Å². The molecule has 14 heteroatoms. The van der Waals surface area contributed by atoms with Gasteiger partial charge in [0, 0.05) is 47.2 Å². The molecule has 4 rings (SSSR count). The van der Waals surface area contributed by atoms with Crippen molar-refractivity contribution in [1.82, 2.24) is 10.2 Å². The van der Waals surface area contributed by atoms with Gasteiger partial charge in [-0.05, 0) is 43.8 Å². The predicted molar refractivity (Wildman–Crippen MR) is 158 cm³/mol. The van der Waals surface area contributed by atoms with Crippen LogP contribution in [0.5, 0.6) is 0 Å². The Morgan fingerprint density at radius 1 is 0.744 bits per heavy atom. The minimum absolute atomic E-state index is 0.0848. The molecule has 0 unspecified atom stereocenters. The minimum atomic E-state index is -1.26. The van der Waals surface area contributed by atoms with Gasteiger partial charge in [0.25, 0.3) is 0 Å². The summed E-state index contributed by atoms with van der Waals surface area (Å²) >= 11 is 1.72. The molecule has 230 valence electrons. The number of ether oxygens (including phenoxy) is 1. The van der Waals surface area contributed by atoms with Gasteiger partial charge in [-0.2, -0.15) is 0 Å². The summed E-state index contributed by atoms with van der Waals surface area (Å²) in [6, 6.07) is 16.2. The van der Waals surface area contributed by atoms with Crippen LogP contribution >= 0.6 is 11.8 Å². The summed E-state index contributed by atoms with van der Waals surface area (Å²) < 4.78 is 5.37. The molecule has 0 aromatic heterocycles. The van der Waals surface area contributed by atoms with Crippen molar-refractivity contribution in [3.8, 4) is 0 Å². The lowest BCUT2D eigenvalue weighted by Gasteiger charge is -2.31. The monoisotopic (exact) mass is 615 g/mol. The number of nitrogens with zero attached hydrogens (tertiary/aromatic N) is 2. The Morgan fingerprint density at radius 2 is 1.19 bits per heavy atom. The van der Waals surface area contributed by atoms with Gasteiger partial charge in [0.05, 0.1) is 31.1 Å². The van der Waals surface area contributed by atoms with E-state index in [-0.39, 0.29) is 5.91 Å². The van der Waals surface area contributed by atoms with Crippen LogP contribution in [0.25, 0.3) is 0 Å². The van der Waals surface area contributed by atoms with Crippen LogP contribution in [-0.4, -0.2) is 101 Å². The highest BCUT2D eigenvalue weighted by atomic mass is 32.2. The number of carbonyl (C=O) groups is 5. The van der Waals surface area contributed by atoms with Crippen molar-refractivity contribution in [2.24, 2.45) is 0 Å². The van der Waals surface area contributed by atoms with E-state index >= 15 is 0 Å². The standard InChI is InChI=1S/C21H25N3O2S.2C4H4O4/c25-21(16-22-10-5-11-23-12-14-26-15-13-23)24-17-6-1-3-8-19(17)27-20-9-4-2-7-18(20)24;2*5-3(6)1-2-4(7)8/h1-4,6-9,22H,5,10-16H2;2*1-2H,(H,5,6)(H,7,8)/b;2*2-1-. The van der Waals surface area contributed by atoms with E-state index in [1.165, 1.54) is 0 Å². The van der Waals surface area contributed by atoms with Crippen molar-refractivity contribution in [3.63, 3.8) is 0 Å². The number of para-hydroxylation sites is 2. The molecule has 13 nitrogen and oxygen atoms in total. The van der Waals surface area contributed by atoms with Crippen LogP contribution in [-0.2, 0) is 28.7 Å². The summed E-state index contributed by atoms with van der Waals surface area (Å²) in [5, 5.41) is 34.6. The van der Waals surface area contributed by atoms with E-state index < -0.39 is 23.9 Å². The first-order valence-corrected chi connectivity index (χ1v) is 13.9. The summed E-state index contributed by atoms with van der Waals surface area (Å²) in [6.07, 6.45) is 3.27. The van der Waals surface area contributed by atoms with Crippen molar-refractivity contribution >= 4 is 52.9 Å². The number of carboxylic acids is 4. The van der Waals surface area contributed by atoms with Gasteiger partial charge in [0.1, 0.15) is 0 Å². The lowest BCUT2D eigenvalue weighted by molar-refractivity contribution is -0.134. The number of morpholine rings is 1. The second-order valence-corrected chi connectivity index (χ2v) is 9.85. The Bertz CT molecular complexity index is 1210. The molecule has 0 saturated carbocycles. The zero-order valence-corrected chi connectivity index (χ0v) is 23.9. The molecule has 2 aromatic carbocycles. The van der Waals surface area contributed by atoms with E-state index in [1.807, 2.05) is 41.3 Å². The number of aliphatic carboxylic acids is 4. The zero-order chi connectivity index (χ0) is 31.6. The van der Waals surface area contributed by atoms with Gasteiger partial charge in [0.15, 0.2) is 0 Å². The van der Waals surface area contributed by atoms with Gasteiger partial charge in [-0.15, -0.1) is 0 Å². The fraction of sp³-hybridized carbons (Fsp3) is 0.276. The minimum Gasteiger partial charge on any atom is -0.478 e. The van der Waals surface area contributed by atoms with Gasteiger partial charge in [-0.1, -0.05) is 36.0 Å². The fourth-order valence-electron chi connectivity index (χ4n) is 3.79. The second-order valence-electron chi connectivity index (χ2n) is 8.77. The Balaban J connectivity index is 0.000000334. The molecule has 0 atom stereocenters. The average molecular weight is 616 g/mol. The molecule has 1 fully saturated rings. The van der Waals surface area contributed by atoms with Crippen LogP contribution in [0, 0.1) is 0 Å². The largest absolute Gasteiger partial charge is 0.478 e. The number of hydrogen-bond donors (Lipinski definition) is 5. The number of rotatable bonds is 10. The van der Waals surface area contributed by atoms with Crippen molar-refractivity contribution in [2.75, 3.05) is 50.8 Å². The molecular formula is C29H33N3O10S. The fourth-order valence-corrected chi connectivity index (χ4v) is 4.84. The topological polar surface area (TPSA) is 194 Å². The zero-order valence-electron chi connectivity index (χ0n) is 23.1. The molecule has 2 aliphatic heterocycles. The first kappa shape index (κ1) is 34.7. The molecule has 5 N–H and O–H groups in total. The van der Waals surface area contributed by atoms with Crippen LogP contribution in [0.15, 0.2) is 82.6 Å². The van der Waals surface area contributed by atoms with E-state index in [2.05, 4.69) is 22.3 Å². The number of nitrogens with one attached hydrogen (secondary N) is 1. The van der Waals surface area contributed by atoms with Crippen LogP contribution in [0.3, 0.4) is 0 Å². The lowest BCUT2D eigenvalue weighted by atomic mass is 10.2. The van der Waals surface area contributed by atoms with Gasteiger partial charge < -0.3 is 30.5 Å². The van der Waals surface area contributed by atoms with Crippen molar-refractivity contribution in [2.45, 2.75) is 16.2 Å². The van der Waals surface area contributed by atoms with E-state index in [0.717, 1.165) is 67.0 Å². The second kappa shape index (κ2) is 18.8. The lowest BCUT2D eigenvalue weighted by Crippen LogP contribution is -2.39. The number of carboxylic acid groups (broad SMARTS) is 4. The first-order valence-electron chi connectivity index (χ1n) is 13.1. The summed E-state index contributed by atoms with van der Waals surface area (Å²) in [5.74, 6) is -4.94. The van der Waals surface area contributed by atoms with Crippen molar-refractivity contribution < 1.29 is 49.1 Å². The number of benzene rings is 2. The van der Waals surface area contributed by atoms with Crippen molar-refractivity contribution in [3.05, 3.63) is 72.8 Å². The SMILES string of the molecule is O=C(CNCCCN1CCOCC1)N1c2ccccc2Sc2ccccc21.O=C(O)/C=C\C(=O)O.O=C(O)/C=C\C(=O)O. The van der Waals surface area contributed by atoms with E-state index in [9.17, 15) is 24.0 Å². The van der Waals surface area contributed by atoms with Gasteiger partial charge >= 0.3 is 23.9 Å². The number of anilines is 2. The Labute approximate surface area is 252 Å². The predicted octanol–water partition coefficient (Wildman–Crippen LogP) is 2.55. The van der Waals surface area contributed by atoms with Crippen molar-refractivity contribution in [1.29, 1.82) is 0 Å². The summed E-state index contributed by atoms with van der Waals surface area (Å²) in [6.45, 7) is 5.92. The van der Waals surface area contributed by atoms with Crippen LogP contribution in [0.2, 0.25) is 0 Å². The summed E-state index contributed by atoms with van der Waals surface area (Å²) in [4.78, 5) is 57.7. The summed E-state index contributed by atoms with van der Waals surface area (Å²) in [7, 11) is 0. The Hall–Kier alpha value is -4.50. The maximum atomic E-state index is 13.0. The third kappa shape index (κ3) is 13.3. The molecule has 2 aliphatic rings. The molecule has 0 bridgehead atoms. The number of hydrogen-bond acceptors (Lipinski definition) is 9. The third-order valence-corrected chi connectivity index (χ3v) is 6.76. The maximum Gasteiger partial charge on any atom is 0.328 e. The molecule has 1 amide bonds. The highest BCUT2D eigenvalue weighted by Crippen LogP contribution is 2.47. The first-order chi connectivity index (χ1) is 20.6. The van der Waals surface area contributed by atoms with E-state index in [1.54, 1.807) is 11.8 Å². The Morgan fingerprint density at radius 3 is 1.63 bits per heavy atom. The van der Waals surface area contributed by atoms with E-state index in [0.29, 0.717) is 30.8 Å². The van der Waals surface area contributed by atoms with Crippen LogP contribution < -0.4 is 10.2 Å². The molecule has 2 heterocycles. The molecular weight excluding hydrogens is 582 g/mol. The molecule has 0 aliphatic carbocycles. The van der Waals surface area contributed by atoms with Crippen LogP contribution in [0.4, 0.5) is 11.4 Å². The molecule has 43 heavy (non-hydrogen) atoms. The van der Waals surface area contributed by atoms with E-state index in [4.69, 9.17) is 25.2 Å². The highest BCUT2D eigenvalue weighted by molar-refractivity contribution is 7.99. The normalized spacial score (nSPS) is 14.0. The Kier molecular flexibility index (Phi) is 15.2.